The number of carbonyl (C=O) groups is 1. The summed E-state index contributed by atoms with van der Waals surface area (Å²) in [6, 6.07) is 9.65. The topological polar surface area (TPSA) is 43.8 Å². The molecule has 0 aliphatic heterocycles. The summed E-state index contributed by atoms with van der Waals surface area (Å²) in [7, 11) is 7.46. The summed E-state index contributed by atoms with van der Waals surface area (Å²) in [5.74, 6) is -0.0371. The standard InChI is InChI=1S/C17H28N2O2/c1-6-15(20)17(12-13-18(2)3,16(21)19(4)5)14-10-8-7-9-11-14/h7-11,15,20H,6,12-13H2,1-5H3/t15-,17-/m0/s1. The van der Waals surface area contributed by atoms with Crippen LogP contribution in [0, 0.1) is 0 Å². The third-order valence-corrected chi connectivity index (χ3v) is 3.99. The SMILES string of the molecule is CC[C@H](O)[C@@](CCN(C)C)(C(=O)N(C)C)c1ccccc1. The second-order valence-electron chi connectivity index (χ2n) is 6.01. The van der Waals surface area contributed by atoms with Crippen molar-refractivity contribution >= 4 is 5.91 Å². The fourth-order valence-electron chi connectivity index (χ4n) is 2.76. The molecule has 2 atom stereocenters. The van der Waals surface area contributed by atoms with Crippen LogP contribution in [0.3, 0.4) is 0 Å². The van der Waals surface area contributed by atoms with Gasteiger partial charge in [0.1, 0.15) is 5.41 Å². The first-order chi connectivity index (χ1) is 9.86. The van der Waals surface area contributed by atoms with E-state index in [9.17, 15) is 9.90 Å². The number of amides is 1. The van der Waals surface area contributed by atoms with Crippen LogP contribution in [-0.4, -0.2) is 61.7 Å². The molecule has 0 unspecified atom stereocenters. The smallest absolute Gasteiger partial charge is 0.235 e. The minimum Gasteiger partial charge on any atom is -0.392 e. The second kappa shape index (κ2) is 7.57. The second-order valence-corrected chi connectivity index (χ2v) is 6.01. The summed E-state index contributed by atoms with van der Waals surface area (Å²) < 4.78 is 0. The Kier molecular flexibility index (Phi) is 6.37. The number of aliphatic hydroxyl groups is 1. The number of rotatable bonds is 7. The lowest BCUT2D eigenvalue weighted by molar-refractivity contribution is -0.140. The van der Waals surface area contributed by atoms with Gasteiger partial charge in [-0.3, -0.25) is 4.79 Å². The number of hydrogen-bond acceptors (Lipinski definition) is 3. The average molecular weight is 292 g/mol. The minimum atomic E-state index is -0.885. The van der Waals surface area contributed by atoms with Gasteiger partial charge < -0.3 is 14.9 Å². The molecule has 0 aromatic heterocycles. The maximum Gasteiger partial charge on any atom is 0.235 e. The van der Waals surface area contributed by atoms with Crippen LogP contribution in [0.2, 0.25) is 0 Å². The van der Waals surface area contributed by atoms with Gasteiger partial charge in [-0.15, -0.1) is 0 Å². The van der Waals surface area contributed by atoms with E-state index >= 15 is 0 Å². The Hall–Kier alpha value is -1.39. The molecule has 21 heavy (non-hydrogen) atoms. The minimum absolute atomic E-state index is 0.0371. The van der Waals surface area contributed by atoms with Gasteiger partial charge in [0, 0.05) is 14.1 Å². The highest BCUT2D eigenvalue weighted by Gasteiger charge is 2.46. The van der Waals surface area contributed by atoms with E-state index in [0.29, 0.717) is 12.8 Å². The molecule has 0 bridgehead atoms. The van der Waals surface area contributed by atoms with Gasteiger partial charge in [-0.25, -0.2) is 0 Å². The Balaban J connectivity index is 3.37. The molecule has 0 aliphatic carbocycles. The first kappa shape index (κ1) is 17.7. The summed E-state index contributed by atoms with van der Waals surface area (Å²) in [6.07, 6.45) is 0.438. The molecular weight excluding hydrogens is 264 g/mol. The molecule has 0 spiro atoms. The zero-order valence-corrected chi connectivity index (χ0v) is 13.8. The van der Waals surface area contributed by atoms with E-state index in [-0.39, 0.29) is 5.91 Å². The van der Waals surface area contributed by atoms with Gasteiger partial charge in [-0.05, 0) is 39.0 Å². The third kappa shape index (κ3) is 3.83. The number of carbonyl (C=O) groups excluding carboxylic acids is 1. The van der Waals surface area contributed by atoms with Gasteiger partial charge in [-0.2, -0.15) is 0 Å². The van der Waals surface area contributed by atoms with E-state index < -0.39 is 11.5 Å². The maximum atomic E-state index is 12.9. The van der Waals surface area contributed by atoms with Crippen LogP contribution >= 0.6 is 0 Å². The first-order valence-corrected chi connectivity index (χ1v) is 7.46. The quantitative estimate of drug-likeness (QED) is 0.832. The summed E-state index contributed by atoms with van der Waals surface area (Å²) in [6.45, 7) is 2.66. The van der Waals surface area contributed by atoms with Crippen molar-refractivity contribution < 1.29 is 9.90 Å². The number of nitrogens with zero attached hydrogens (tertiary/aromatic N) is 2. The van der Waals surface area contributed by atoms with Crippen molar-refractivity contribution in [3.05, 3.63) is 35.9 Å². The van der Waals surface area contributed by atoms with E-state index in [1.807, 2.05) is 56.3 Å². The van der Waals surface area contributed by atoms with Gasteiger partial charge in [-0.1, -0.05) is 37.3 Å². The van der Waals surface area contributed by atoms with Crippen LogP contribution in [0.5, 0.6) is 0 Å². The number of likely N-dealkylation sites (N-methyl/N-ethyl adjacent to an activating group) is 1. The van der Waals surface area contributed by atoms with Crippen LogP contribution in [-0.2, 0) is 10.2 Å². The zero-order chi connectivity index (χ0) is 16.0. The van der Waals surface area contributed by atoms with Gasteiger partial charge in [0.05, 0.1) is 6.10 Å². The lowest BCUT2D eigenvalue weighted by atomic mass is 9.71. The monoisotopic (exact) mass is 292 g/mol. The molecule has 1 amide bonds. The normalized spacial score (nSPS) is 15.6. The molecule has 1 aromatic carbocycles. The predicted octanol–water partition coefficient (Wildman–Crippen LogP) is 1.74. The van der Waals surface area contributed by atoms with Gasteiger partial charge in [0.25, 0.3) is 0 Å². The fourth-order valence-corrected chi connectivity index (χ4v) is 2.76. The molecule has 0 saturated carbocycles. The maximum absolute atomic E-state index is 12.9. The van der Waals surface area contributed by atoms with E-state index in [1.165, 1.54) is 0 Å². The zero-order valence-electron chi connectivity index (χ0n) is 13.8. The lowest BCUT2D eigenvalue weighted by Gasteiger charge is -2.39. The Morgan fingerprint density at radius 2 is 1.76 bits per heavy atom. The molecule has 1 aromatic rings. The average Bonchev–Trinajstić information content (AvgIpc) is 2.47. The van der Waals surface area contributed by atoms with Crippen molar-refractivity contribution in [3.63, 3.8) is 0 Å². The summed E-state index contributed by atoms with van der Waals surface area (Å²) >= 11 is 0. The number of hydrogen-bond donors (Lipinski definition) is 1. The largest absolute Gasteiger partial charge is 0.392 e. The van der Waals surface area contributed by atoms with Crippen molar-refractivity contribution in [2.45, 2.75) is 31.3 Å². The van der Waals surface area contributed by atoms with Crippen molar-refractivity contribution in [2.24, 2.45) is 0 Å². The molecule has 4 nitrogen and oxygen atoms in total. The molecule has 1 rings (SSSR count). The Labute approximate surface area is 128 Å². The highest BCUT2D eigenvalue weighted by atomic mass is 16.3. The van der Waals surface area contributed by atoms with Gasteiger partial charge in [0.2, 0.25) is 5.91 Å². The van der Waals surface area contributed by atoms with Crippen molar-refractivity contribution in [1.82, 2.24) is 9.80 Å². The molecule has 1 N–H and O–H groups in total. The highest BCUT2D eigenvalue weighted by Crippen LogP contribution is 2.35. The van der Waals surface area contributed by atoms with Crippen LogP contribution < -0.4 is 0 Å². The Morgan fingerprint density at radius 3 is 2.19 bits per heavy atom. The molecule has 118 valence electrons. The first-order valence-electron chi connectivity index (χ1n) is 7.46. The van der Waals surface area contributed by atoms with Gasteiger partial charge >= 0.3 is 0 Å². The fraction of sp³-hybridized carbons (Fsp3) is 0.588. The van der Waals surface area contributed by atoms with Crippen molar-refractivity contribution in [1.29, 1.82) is 0 Å². The molecule has 0 radical (unpaired) electrons. The summed E-state index contributed by atoms with van der Waals surface area (Å²) in [4.78, 5) is 16.6. The summed E-state index contributed by atoms with van der Waals surface area (Å²) in [5.41, 5.74) is 0.00366. The molecule has 0 fully saturated rings. The molecule has 0 saturated heterocycles. The number of aliphatic hydroxyl groups excluding tert-OH is 1. The van der Waals surface area contributed by atoms with Crippen LogP contribution in [0.15, 0.2) is 30.3 Å². The van der Waals surface area contributed by atoms with E-state index in [2.05, 4.69) is 0 Å². The van der Waals surface area contributed by atoms with Crippen LogP contribution in [0.25, 0.3) is 0 Å². The Bertz CT molecular complexity index is 445. The van der Waals surface area contributed by atoms with E-state index in [4.69, 9.17) is 0 Å². The van der Waals surface area contributed by atoms with Crippen molar-refractivity contribution in [3.8, 4) is 0 Å². The lowest BCUT2D eigenvalue weighted by Crippen LogP contribution is -2.53. The highest BCUT2D eigenvalue weighted by molar-refractivity contribution is 5.88. The molecular formula is C17H28N2O2. The number of benzene rings is 1. The molecule has 0 heterocycles. The van der Waals surface area contributed by atoms with E-state index in [0.717, 1.165) is 12.1 Å². The van der Waals surface area contributed by atoms with E-state index in [1.54, 1.807) is 19.0 Å². The van der Waals surface area contributed by atoms with Crippen LogP contribution in [0.4, 0.5) is 0 Å². The molecule has 4 heteroatoms. The Morgan fingerprint density at radius 1 is 1.19 bits per heavy atom. The third-order valence-electron chi connectivity index (χ3n) is 3.99. The molecule has 0 aliphatic rings. The van der Waals surface area contributed by atoms with Crippen molar-refractivity contribution in [2.75, 3.05) is 34.7 Å². The summed E-state index contributed by atoms with van der Waals surface area (Å²) in [5, 5.41) is 10.7. The predicted molar refractivity (Wildman–Crippen MR) is 86.3 cm³/mol. The van der Waals surface area contributed by atoms with Gasteiger partial charge in [0.15, 0.2) is 0 Å². The van der Waals surface area contributed by atoms with Crippen LogP contribution in [0.1, 0.15) is 25.3 Å².